The van der Waals surface area contributed by atoms with E-state index in [-0.39, 0.29) is 11.2 Å². The maximum atomic E-state index is 13.9. The minimum atomic E-state index is -0.230. The van der Waals surface area contributed by atoms with Gasteiger partial charge in [0, 0.05) is 16.4 Å². The molecule has 4 aromatic rings. The van der Waals surface area contributed by atoms with Crippen LogP contribution < -0.4 is 0 Å². The van der Waals surface area contributed by atoms with Gasteiger partial charge in [-0.25, -0.2) is 9.37 Å². The Kier molecular flexibility index (Phi) is 3.08. The molecule has 0 N–H and O–H groups in total. The van der Waals surface area contributed by atoms with Crippen molar-refractivity contribution in [2.45, 2.75) is 19.3 Å². The Morgan fingerprint density at radius 3 is 2.46 bits per heavy atom. The second-order valence-electron chi connectivity index (χ2n) is 7.43. The summed E-state index contributed by atoms with van der Waals surface area (Å²) in [5.74, 6) is -0.230. The van der Waals surface area contributed by atoms with Crippen molar-refractivity contribution in [3.05, 3.63) is 89.7 Å². The largest absolute Gasteiger partial charge is 0.248 e. The molecule has 126 valence electrons. The third kappa shape index (κ3) is 2.05. The van der Waals surface area contributed by atoms with Gasteiger partial charge >= 0.3 is 0 Å². The Balaban J connectivity index is 1.69. The normalized spacial score (nSPS) is 14.3. The molecule has 0 fully saturated rings. The first-order valence-electron chi connectivity index (χ1n) is 8.86. The molecule has 0 atom stereocenters. The molecular weight excluding hydrogens is 321 g/mol. The summed E-state index contributed by atoms with van der Waals surface area (Å²) in [7, 11) is 0. The van der Waals surface area contributed by atoms with Gasteiger partial charge in [-0.1, -0.05) is 56.3 Å². The molecule has 3 aromatic carbocycles. The Labute approximate surface area is 152 Å². The maximum absolute atomic E-state index is 13.9. The lowest BCUT2D eigenvalue weighted by molar-refractivity contribution is 0.639. The van der Waals surface area contributed by atoms with Crippen LogP contribution in [0.4, 0.5) is 4.39 Å². The zero-order valence-corrected chi connectivity index (χ0v) is 14.8. The molecule has 1 aliphatic rings. The standard InChI is InChI=1S/C24H18FN/c1-24(2)19-7-4-3-6-16(19)17-11-10-15(14-20(17)24)22-13-12-18-21(25)8-5-9-23(18)26-22/h3-14H,1-2H3. The fourth-order valence-electron chi connectivity index (χ4n) is 4.14. The average Bonchev–Trinajstić information content (AvgIpc) is 2.89. The third-order valence-corrected chi connectivity index (χ3v) is 5.56. The summed E-state index contributed by atoms with van der Waals surface area (Å²) < 4.78 is 13.9. The third-order valence-electron chi connectivity index (χ3n) is 5.56. The summed E-state index contributed by atoms with van der Waals surface area (Å²) in [5.41, 5.74) is 7.87. The van der Waals surface area contributed by atoms with Crippen LogP contribution in [0.2, 0.25) is 0 Å². The van der Waals surface area contributed by atoms with Crippen molar-refractivity contribution in [2.75, 3.05) is 0 Å². The number of aromatic nitrogens is 1. The summed E-state index contributed by atoms with van der Waals surface area (Å²) in [6, 6.07) is 23.9. The van der Waals surface area contributed by atoms with Crippen LogP contribution in [0.3, 0.4) is 0 Å². The number of benzene rings is 3. The van der Waals surface area contributed by atoms with Crippen molar-refractivity contribution in [1.29, 1.82) is 0 Å². The quantitative estimate of drug-likeness (QED) is 0.394. The van der Waals surface area contributed by atoms with E-state index in [9.17, 15) is 4.39 Å². The van der Waals surface area contributed by atoms with E-state index in [0.717, 1.165) is 11.3 Å². The van der Waals surface area contributed by atoms with Gasteiger partial charge in [0.1, 0.15) is 5.82 Å². The number of hydrogen-bond donors (Lipinski definition) is 0. The molecule has 0 saturated carbocycles. The van der Waals surface area contributed by atoms with Crippen LogP contribution in [-0.2, 0) is 5.41 Å². The topological polar surface area (TPSA) is 12.9 Å². The summed E-state index contributed by atoms with van der Waals surface area (Å²) in [5, 5.41) is 0.560. The van der Waals surface area contributed by atoms with E-state index in [1.165, 1.54) is 28.3 Å². The number of nitrogens with zero attached hydrogens (tertiary/aromatic N) is 1. The molecule has 26 heavy (non-hydrogen) atoms. The molecule has 0 bridgehead atoms. The van der Waals surface area contributed by atoms with Crippen LogP contribution in [0.15, 0.2) is 72.8 Å². The van der Waals surface area contributed by atoms with Gasteiger partial charge < -0.3 is 0 Å². The van der Waals surface area contributed by atoms with Crippen LogP contribution in [0, 0.1) is 5.82 Å². The van der Waals surface area contributed by atoms with E-state index >= 15 is 0 Å². The molecule has 0 amide bonds. The van der Waals surface area contributed by atoms with Gasteiger partial charge in [-0.15, -0.1) is 0 Å². The van der Waals surface area contributed by atoms with Crippen molar-refractivity contribution in [3.63, 3.8) is 0 Å². The van der Waals surface area contributed by atoms with Gasteiger partial charge in [-0.2, -0.15) is 0 Å². The Morgan fingerprint density at radius 2 is 1.58 bits per heavy atom. The van der Waals surface area contributed by atoms with Crippen molar-refractivity contribution in [1.82, 2.24) is 4.98 Å². The first kappa shape index (κ1) is 15.3. The first-order chi connectivity index (χ1) is 12.6. The summed E-state index contributed by atoms with van der Waals surface area (Å²) in [6.07, 6.45) is 0. The highest BCUT2D eigenvalue weighted by Crippen LogP contribution is 2.49. The fourth-order valence-corrected chi connectivity index (χ4v) is 4.14. The predicted octanol–water partition coefficient (Wildman–Crippen LogP) is 6.35. The van der Waals surface area contributed by atoms with Crippen molar-refractivity contribution in [3.8, 4) is 22.4 Å². The van der Waals surface area contributed by atoms with E-state index in [1.807, 2.05) is 18.2 Å². The number of halogens is 1. The highest BCUT2D eigenvalue weighted by atomic mass is 19.1. The van der Waals surface area contributed by atoms with Crippen LogP contribution in [0.1, 0.15) is 25.0 Å². The van der Waals surface area contributed by atoms with Gasteiger partial charge in [-0.3, -0.25) is 0 Å². The summed E-state index contributed by atoms with van der Waals surface area (Å²) in [4.78, 5) is 4.69. The Morgan fingerprint density at radius 1 is 0.769 bits per heavy atom. The average molecular weight is 339 g/mol. The highest BCUT2D eigenvalue weighted by molar-refractivity contribution is 5.85. The van der Waals surface area contributed by atoms with E-state index in [2.05, 4.69) is 61.3 Å². The lowest BCUT2D eigenvalue weighted by Crippen LogP contribution is -2.14. The van der Waals surface area contributed by atoms with Crippen LogP contribution >= 0.6 is 0 Å². The SMILES string of the molecule is CC1(C)c2ccccc2-c2ccc(-c3ccc4c(F)cccc4n3)cc21. The fraction of sp³-hybridized carbons (Fsp3) is 0.125. The van der Waals surface area contributed by atoms with E-state index in [4.69, 9.17) is 0 Å². The molecule has 1 aromatic heterocycles. The number of rotatable bonds is 1. The van der Waals surface area contributed by atoms with Gasteiger partial charge in [0.15, 0.2) is 0 Å². The molecule has 0 aliphatic heterocycles. The Bertz CT molecular complexity index is 1170. The van der Waals surface area contributed by atoms with Crippen LogP contribution in [0.25, 0.3) is 33.3 Å². The minimum Gasteiger partial charge on any atom is -0.248 e. The Hall–Kier alpha value is -3.00. The lowest BCUT2D eigenvalue weighted by Gasteiger charge is -2.21. The maximum Gasteiger partial charge on any atom is 0.132 e. The number of fused-ring (bicyclic) bond motifs is 4. The lowest BCUT2D eigenvalue weighted by atomic mass is 9.82. The van der Waals surface area contributed by atoms with E-state index in [1.54, 1.807) is 6.07 Å². The van der Waals surface area contributed by atoms with Crippen LogP contribution in [0.5, 0.6) is 0 Å². The second kappa shape index (κ2) is 5.25. The molecule has 0 saturated heterocycles. The molecule has 1 heterocycles. The summed E-state index contributed by atoms with van der Waals surface area (Å²) in [6.45, 7) is 4.54. The molecule has 2 heteroatoms. The van der Waals surface area contributed by atoms with Gasteiger partial charge in [0.2, 0.25) is 0 Å². The molecule has 1 aliphatic carbocycles. The zero-order valence-electron chi connectivity index (χ0n) is 14.8. The monoisotopic (exact) mass is 339 g/mol. The molecule has 1 nitrogen and oxygen atoms in total. The van der Waals surface area contributed by atoms with Crippen molar-refractivity contribution < 1.29 is 4.39 Å². The summed E-state index contributed by atoms with van der Waals surface area (Å²) >= 11 is 0. The molecular formula is C24H18FN. The van der Waals surface area contributed by atoms with Gasteiger partial charge in [0.05, 0.1) is 11.2 Å². The number of hydrogen-bond acceptors (Lipinski definition) is 1. The van der Waals surface area contributed by atoms with E-state index in [0.29, 0.717) is 10.9 Å². The van der Waals surface area contributed by atoms with Crippen molar-refractivity contribution >= 4 is 10.9 Å². The van der Waals surface area contributed by atoms with Gasteiger partial charge in [0.25, 0.3) is 0 Å². The predicted molar refractivity (Wildman–Crippen MR) is 105 cm³/mol. The van der Waals surface area contributed by atoms with Crippen molar-refractivity contribution in [2.24, 2.45) is 0 Å². The second-order valence-corrected chi connectivity index (χ2v) is 7.43. The minimum absolute atomic E-state index is 0.0368. The molecule has 0 radical (unpaired) electrons. The first-order valence-corrected chi connectivity index (χ1v) is 8.86. The smallest absolute Gasteiger partial charge is 0.132 e. The van der Waals surface area contributed by atoms with Crippen LogP contribution in [-0.4, -0.2) is 4.98 Å². The molecule has 0 spiro atoms. The molecule has 5 rings (SSSR count). The highest BCUT2D eigenvalue weighted by Gasteiger charge is 2.35. The van der Waals surface area contributed by atoms with Gasteiger partial charge in [-0.05, 0) is 52.6 Å². The van der Waals surface area contributed by atoms with E-state index < -0.39 is 0 Å². The molecule has 0 unspecified atom stereocenters. The number of pyridine rings is 1. The zero-order chi connectivity index (χ0) is 17.9.